The van der Waals surface area contributed by atoms with E-state index in [2.05, 4.69) is 5.32 Å². The molecule has 1 aromatic carbocycles. The van der Waals surface area contributed by atoms with E-state index in [1.807, 2.05) is 7.05 Å². The summed E-state index contributed by atoms with van der Waals surface area (Å²) >= 11 is 6.16. The first kappa shape index (κ1) is 13.8. The molecule has 1 nitrogen and oxygen atoms in total. The van der Waals surface area contributed by atoms with Crippen LogP contribution < -0.4 is 5.32 Å². The largest absolute Gasteiger partial charge is 0.313 e. The zero-order valence-electron chi connectivity index (χ0n) is 10.9. The van der Waals surface area contributed by atoms with E-state index in [1.165, 1.54) is 38.2 Å². The number of hydrogen-bond acceptors (Lipinski definition) is 1. The van der Waals surface area contributed by atoms with Gasteiger partial charge in [-0.05, 0) is 49.6 Å². The summed E-state index contributed by atoms with van der Waals surface area (Å²) < 4.78 is 13.3. The third-order valence-corrected chi connectivity index (χ3v) is 4.36. The van der Waals surface area contributed by atoms with Gasteiger partial charge in [0, 0.05) is 11.1 Å². The smallest absolute Gasteiger partial charge is 0.123 e. The second-order valence-electron chi connectivity index (χ2n) is 5.23. The fourth-order valence-corrected chi connectivity index (χ4v) is 3.19. The van der Waals surface area contributed by atoms with Gasteiger partial charge in [0.1, 0.15) is 5.82 Å². The van der Waals surface area contributed by atoms with Crippen LogP contribution in [0.15, 0.2) is 18.2 Å². The Bertz CT molecular complexity index is 388. The molecule has 1 aliphatic carbocycles. The Morgan fingerprint density at radius 1 is 1.39 bits per heavy atom. The van der Waals surface area contributed by atoms with Gasteiger partial charge in [-0.15, -0.1) is 0 Å². The minimum atomic E-state index is -0.212. The van der Waals surface area contributed by atoms with Crippen molar-refractivity contribution in [1.29, 1.82) is 0 Å². The number of benzene rings is 1. The first-order valence-electron chi connectivity index (χ1n) is 6.83. The standard InChI is InChI=1S/C15H21ClFN/c1-18-15(9-6-11-4-2-3-5-11)13-10-12(17)7-8-14(13)16/h7-8,10-11,15,18H,2-6,9H2,1H3. The van der Waals surface area contributed by atoms with Crippen molar-refractivity contribution in [3.05, 3.63) is 34.6 Å². The second-order valence-corrected chi connectivity index (χ2v) is 5.64. The molecule has 100 valence electrons. The molecular weight excluding hydrogens is 249 g/mol. The fraction of sp³-hybridized carbons (Fsp3) is 0.600. The Labute approximate surface area is 114 Å². The van der Waals surface area contributed by atoms with Crippen LogP contribution in [0.5, 0.6) is 0 Å². The van der Waals surface area contributed by atoms with Gasteiger partial charge in [0.25, 0.3) is 0 Å². The lowest BCUT2D eigenvalue weighted by Crippen LogP contribution is -2.18. The van der Waals surface area contributed by atoms with Gasteiger partial charge in [0.2, 0.25) is 0 Å². The van der Waals surface area contributed by atoms with Crippen LogP contribution in [0.2, 0.25) is 5.02 Å². The Kier molecular flexibility index (Phi) is 5.02. The van der Waals surface area contributed by atoms with Crippen LogP contribution in [0.1, 0.15) is 50.1 Å². The molecule has 0 heterocycles. The molecule has 0 radical (unpaired) electrons. The zero-order valence-corrected chi connectivity index (χ0v) is 11.6. The van der Waals surface area contributed by atoms with Gasteiger partial charge in [-0.3, -0.25) is 0 Å². The van der Waals surface area contributed by atoms with Crippen LogP contribution in [0.25, 0.3) is 0 Å². The maximum Gasteiger partial charge on any atom is 0.123 e. The maximum absolute atomic E-state index is 13.3. The molecule has 0 spiro atoms. The van der Waals surface area contributed by atoms with Crippen LogP contribution in [0.3, 0.4) is 0 Å². The van der Waals surface area contributed by atoms with E-state index in [4.69, 9.17) is 11.6 Å². The van der Waals surface area contributed by atoms with E-state index in [0.29, 0.717) is 5.02 Å². The van der Waals surface area contributed by atoms with Crippen molar-refractivity contribution < 1.29 is 4.39 Å². The zero-order chi connectivity index (χ0) is 13.0. The highest BCUT2D eigenvalue weighted by Crippen LogP contribution is 2.33. The van der Waals surface area contributed by atoms with Gasteiger partial charge in [-0.1, -0.05) is 37.3 Å². The van der Waals surface area contributed by atoms with Gasteiger partial charge in [0.05, 0.1) is 0 Å². The molecule has 0 aromatic heterocycles. The summed E-state index contributed by atoms with van der Waals surface area (Å²) in [7, 11) is 1.92. The molecule has 2 rings (SSSR count). The molecule has 1 atom stereocenters. The summed E-state index contributed by atoms with van der Waals surface area (Å²) in [4.78, 5) is 0. The highest BCUT2D eigenvalue weighted by atomic mass is 35.5. The van der Waals surface area contributed by atoms with Crippen LogP contribution in [0.4, 0.5) is 4.39 Å². The number of nitrogens with one attached hydrogen (secondary N) is 1. The third-order valence-electron chi connectivity index (χ3n) is 4.02. The van der Waals surface area contributed by atoms with E-state index in [9.17, 15) is 4.39 Å². The molecular formula is C15H21ClFN. The summed E-state index contributed by atoms with van der Waals surface area (Å²) in [5, 5.41) is 3.91. The number of halogens is 2. The lowest BCUT2D eigenvalue weighted by Gasteiger charge is -2.20. The Balaban J connectivity index is 2.00. The molecule has 1 unspecified atom stereocenters. The van der Waals surface area contributed by atoms with Crippen LogP contribution >= 0.6 is 11.6 Å². The van der Waals surface area contributed by atoms with Crippen molar-refractivity contribution in [2.24, 2.45) is 5.92 Å². The van der Waals surface area contributed by atoms with E-state index in [1.54, 1.807) is 12.1 Å². The van der Waals surface area contributed by atoms with Crippen molar-refractivity contribution in [2.45, 2.75) is 44.6 Å². The Hall–Kier alpha value is -0.600. The minimum absolute atomic E-state index is 0.161. The van der Waals surface area contributed by atoms with E-state index >= 15 is 0 Å². The van der Waals surface area contributed by atoms with Crippen molar-refractivity contribution in [1.82, 2.24) is 5.32 Å². The summed E-state index contributed by atoms with van der Waals surface area (Å²) in [5.41, 5.74) is 0.886. The lowest BCUT2D eigenvalue weighted by atomic mass is 9.95. The fourth-order valence-electron chi connectivity index (χ4n) is 2.94. The monoisotopic (exact) mass is 269 g/mol. The Morgan fingerprint density at radius 2 is 2.11 bits per heavy atom. The van der Waals surface area contributed by atoms with Crippen molar-refractivity contribution in [2.75, 3.05) is 7.05 Å². The molecule has 3 heteroatoms. The molecule has 18 heavy (non-hydrogen) atoms. The van der Waals surface area contributed by atoms with E-state index < -0.39 is 0 Å². The summed E-state index contributed by atoms with van der Waals surface area (Å²) in [6.07, 6.45) is 7.69. The van der Waals surface area contributed by atoms with Crippen molar-refractivity contribution in [3.8, 4) is 0 Å². The van der Waals surface area contributed by atoms with Gasteiger partial charge in [-0.2, -0.15) is 0 Å². The molecule has 1 aromatic rings. The summed E-state index contributed by atoms with van der Waals surface area (Å²) in [6, 6.07) is 4.77. The lowest BCUT2D eigenvalue weighted by molar-refractivity contribution is 0.426. The highest BCUT2D eigenvalue weighted by molar-refractivity contribution is 6.31. The number of hydrogen-bond donors (Lipinski definition) is 1. The quantitative estimate of drug-likeness (QED) is 0.816. The molecule has 1 N–H and O–H groups in total. The van der Waals surface area contributed by atoms with Crippen LogP contribution in [-0.2, 0) is 0 Å². The van der Waals surface area contributed by atoms with Crippen LogP contribution in [-0.4, -0.2) is 7.05 Å². The Morgan fingerprint density at radius 3 is 2.78 bits per heavy atom. The first-order valence-corrected chi connectivity index (χ1v) is 7.20. The van der Waals surface area contributed by atoms with Gasteiger partial charge < -0.3 is 5.32 Å². The van der Waals surface area contributed by atoms with E-state index in [-0.39, 0.29) is 11.9 Å². The molecule has 1 fully saturated rings. The normalized spacial score (nSPS) is 18.2. The van der Waals surface area contributed by atoms with E-state index in [0.717, 1.165) is 17.9 Å². The highest BCUT2D eigenvalue weighted by Gasteiger charge is 2.19. The predicted octanol–water partition coefficient (Wildman–Crippen LogP) is 4.71. The maximum atomic E-state index is 13.3. The number of rotatable bonds is 5. The molecule has 0 bridgehead atoms. The molecule has 1 aliphatic rings. The molecule has 1 saturated carbocycles. The topological polar surface area (TPSA) is 12.0 Å². The average molecular weight is 270 g/mol. The first-order chi connectivity index (χ1) is 8.70. The van der Waals surface area contributed by atoms with Crippen molar-refractivity contribution >= 4 is 11.6 Å². The molecule has 0 amide bonds. The van der Waals surface area contributed by atoms with Gasteiger partial charge in [-0.25, -0.2) is 4.39 Å². The van der Waals surface area contributed by atoms with Crippen LogP contribution in [0, 0.1) is 11.7 Å². The second kappa shape index (κ2) is 6.53. The van der Waals surface area contributed by atoms with Crippen molar-refractivity contribution in [3.63, 3.8) is 0 Å². The molecule has 0 aliphatic heterocycles. The third kappa shape index (κ3) is 3.46. The summed E-state index contributed by atoms with van der Waals surface area (Å²) in [5.74, 6) is 0.642. The predicted molar refractivity (Wildman–Crippen MR) is 74.4 cm³/mol. The average Bonchev–Trinajstić information content (AvgIpc) is 2.87. The molecule has 0 saturated heterocycles. The van der Waals surface area contributed by atoms with Gasteiger partial charge in [0.15, 0.2) is 0 Å². The van der Waals surface area contributed by atoms with Gasteiger partial charge >= 0.3 is 0 Å². The summed E-state index contributed by atoms with van der Waals surface area (Å²) in [6.45, 7) is 0. The minimum Gasteiger partial charge on any atom is -0.313 e. The SMILES string of the molecule is CNC(CCC1CCCC1)c1cc(F)ccc1Cl.